The van der Waals surface area contributed by atoms with Crippen molar-refractivity contribution in [3.05, 3.63) is 18.2 Å². The minimum atomic E-state index is -0.215. The van der Waals surface area contributed by atoms with Crippen molar-refractivity contribution in [2.45, 2.75) is 6.42 Å². The molecule has 0 fully saturated rings. The van der Waals surface area contributed by atoms with Gasteiger partial charge in [-0.15, -0.1) is 0 Å². The Balaban J connectivity index is 2.20. The molecule has 0 radical (unpaired) electrons. The van der Waals surface area contributed by atoms with Gasteiger partial charge in [0.05, 0.1) is 33.9 Å². The zero-order chi connectivity index (χ0) is 11.3. The Morgan fingerprint density at radius 3 is 2.80 bits per heavy atom. The van der Waals surface area contributed by atoms with Crippen molar-refractivity contribution in [2.24, 2.45) is 0 Å². The Kier molecular flexibility index (Phi) is 3.85. The molecular formula is C10H18N3O2+. The van der Waals surface area contributed by atoms with E-state index in [0.29, 0.717) is 6.61 Å². The maximum atomic E-state index is 11.3. The molecule has 1 rings (SSSR count). The Hall–Kier alpha value is -1.36. The molecule has 0 saturated carbocycles. The maximum Gasteiger partial charge on any atom is 0.312 e. The van der Waals surface area contributed by atoms with Crippen molar-refractivity contribution in [3.63, 3.8) is 0 Å². The lowest BCUT2D eigenvalue weighted by Gasteiger charge is -2.23. The van der Waals surface area contributed by atoms with Crippen LogP contribution in [0, 0.1) is 0 Å². The number of imidazole rings is 1. The number of likely N-dealkylation sites (N-methyl/N-ethyl adjacent to an activating group) is 1. The van der Waals surface area contributed by atoms with Gasteiger partial charge in [0.1, 0.15) is 13.2 Å². The molecule has 0 aliphatic rings. The number of carbonyl (C=O) groups excluding carboxylic acids is 1. The number of esters is 1. The molecule has 0 bridgehead atoms. The Morgan fingerprint density at radius 1 is 1.53 bits per heavy atom. The molecule has 5 nitrogen and oxygen atoms in total. The lowest BCUT2D eigenvalue weighted by atomic mass is 10.3. The van der Waals surface area contributed by atoms with E-state index in [9.17, 15) is 4.79 Å². The van der Waals surface area contributed by atoms with Crippen LogP contribution in [-0.2, 0) is 16.0 Å². The van der Waals surface area contributed by atoms with Gasteiger partial charge in [-0.2, -0.15) is 0 Å². The van der Waals surface area contributed by atoms with Crippen LogP contribution in [0.3, 0.4) is 0 Å². The minimum absolute atomic E-state index is 0.215. The largest absolute Gasteiger partial charge is 0.459 e. The van der Waals surface area contributed by atoms with Gasteiger partial charge in [0.25, 0.3) is 0 Å². The summed E-state index contributed by atoms with van der Waals surface area (Å²) in [6.45, 7) is 1.27. The Labute approximate surface area is 89.7 Å². The fourth-order valence-electron chi connectivity index (χ4n) is 1.02. The Bertz CT molecular complexity index is 301. The van der Waals surface area contributed by atoms with E-state index in [1.165, 1.54) is 0 Å². The number of hydrogen-bond donors (Lipinski definition) is 1. The second kappa shape index (κ2) is 4.93. The van der Waals surface area contributed by atoms with Crippen LogP contribution in [0.15, 0.2) is 12.5 Å². The molecule has 1 aromatic heterocycles. The summed E-state index contributed by atoms with van der Waals surface area (Å²) in [5.41, 5.74) is 0.783. The number of quaternary nitrogens is 1. The van der Waals surface area contributed by atoms with E-state index in [2.05, 4.69) is 31.1 Å². The smallest absolute Gasteiger partial charge is 0.312 e. The number of carbonyl (C=O) groups is 1. The summed E-state index contributed by atoms with van der Waals surface area (Å²) in [5, 5.41) is 0. The molecule has 0 atom stereocenters. The molecule has 0 aliphatic carbocycles. The number of rotatable bonds is 5. The summed E-state index contributed by atoms with van der Waals surface area (Å²) in [7, 11) is 6.17. The summed E-state index contributed by atoms with van der Waals surface area (Å²) < 4.78 is 5.88. The highest BCUT2D eigenvalue weighted by atomic mass is 16.5. The SMILES string of the molecule is C[N+](C)(C)CCOC(=O)Cc1cnc[nH]1. The second-order valence-electron chi connectivity index (χ2n) is 4.49. The van der Waals surface area contributed by atoms with Gasteiger partial charge < -0.3 is 14.2 Å². The first-order valence-corrected chi connectivity index (χ1v) is 4.91. The van der Waals surface area contributed by atoms with E-state index in [-0.39, 0.29) is 12.4 Å². The molecular weight excluding hydrogens is 194 g/mol. The molecule has 1 heterocycles. The zero-order valence-corrected chi connectivity index (χ0v) is 9.49. The van der Waals surface area contributed by atoms with Crippen LogP contribution in [0.2, 0.25) is 0 Å². The monoisotopic (exact) mass is 212 g/mol. The van der Waals surface area contributed by atoms with Gasteiger partial charge in [-0.05, 0) is 0 Å². The molecule has 0 unspecified atom stereocenters. The highest BCUT2D eigenvalue weighted by molar-refractivity contribution is 5.71. The average Bonchev–Trinajstić information content (AvgIpc) is 2.54. The van der Waals surface area contributed by atoms with Crippen molar-refractivity contribution in [1.82, 2.24) is 9.97 Å². The number of ether oxygens (including phenoxy) is 1. The van der Waals surface area contributed by atoms with Gasteiger partial charge in [-0.1, -0.05) is 0 Å². The first kappa shape index (κ1) is 11.7. The van der Waals surface area contributed by atoms with Crippen LogP contribution in [0.5, 0.6) is 0 Å². The van der Waals surface area contributed by atoms with E-state index >= 15 is 0 Å². The topological polar surface area (TPSA) is 55.0 Å². The van der Waals surface area contributed by atoms with E-state index in [1.54, 1.807) is 12.5 Å². The van der Waals surface area contributed by atoms with E-state index in [4.69, 9.17) is 4.74 Å². The van der Waals surface area contributed by atoms with Crippen LogP contribution in [-0.4, -0.2) is 54.7 Å². The van der Waals surface area contributed by atoms with Gasteiger partial charge in [0.2, 0.25) is 0 Å². The third-order valence-corrected chi connectivity index (χ3v) is 1.91. The highest BCUT2D eigenvalue weighted by Gasteiger charge is 2.10. The van der Waals surface area contributed by atoms with Crippen LogP contribution in [0.25, 0.3) is 0 Å². The molecule has 1 aromatic rings. The number of aromatic nitrogens is 2. The lowest BCUT2D eigenvalue weighted by molar-refractivity contribution is -0.870. The summed E-state index contributed by atoms with van der Waals surface area (Å²) in [6.07, 6.45) is 3.44. The lowest BCUT2D eigenvalue weighted by Crippen LogP contribution is -2.38. The number of aromatic amines is 1. The molecule has 0 aliphatic heterocycles. The van der Waals surface area contributed by atoms with E-state index in [1.807, 2.05) is 0 Å². The summed E-state index contributed by atoms with van der Waals surface area (Å²) in [5.74, 6) is -0.215. The van der Waals surface area contributed by atoms with Crippen molar-refractivity contribution >= 4 is 5.97 Å². The zero-order valence-electron chi connectivity index (χ0n) is 9.49. The van der Waals surface area contributed by atoms with Gasteiger partial charge in [-0.25, -0.2) is 4.98 Å². The average molecular weight is 212 g/mol. The van der Waals surface area contributed by atoms with Crippen LogP contribution >= 0.6 is 0 Å². The maximum absolute atomic E-state index is 11.3. The quantitative estimate of drug-likeness (QED) is 0.560. The molecule has 0 aromatic carbocycles. The molecule has 5 heteroatoms. The molecule has 15 heavy (non-hydrogen) atoms. The molecule has 0 amide bonds. The fraction of sp³-hybridized carbons (Fsp3) is 0.600. The van der Waals surface area contributed by atoms with E-state index < -0.39 is 0 Å². The van der Waals surface area contributed by atoms with Gasteiger partial charge in [0, 0.05) is 11.9 Å². The normalized spacial score (nSPS) is 11.4. The van der Waals surface area contributed by atoms with Gasteiger partial charge in [-0.3, -0.25) is 4.79 Å². The van der Waals surface area contributed by atoms with Crippen LogP contribution in [0.1, 0.15) is 5.69 Å². The first-order chi connectivity index (χ1) is 6.97. The standard InChI is InChI=1S/C10H18N3O2/c1-13(2,3)4-5-15-10(14)6-9-7-11-8-12-9/h7-8H,4-6H2,1-3H3,(H,11,12)/q+1. The fourth-order valence-corrected chi connectivity index (χ4v) is 1.02. The minimum Gasteiger partial charge on any atom is -0.459 e. The van der Waals surface area contributed by atoms with Gasteiger partial charge in [0.15, 0.2) is 0 Å². The van der Waals surface area contributed by atoms with Gasteiger partial charge >= 0.3 is 5.97 Å². The molecule has 0 saturated heterocycles. The van der Waals surface area contributed by atoms with E-state index in [0.717, 1.165) is 16.7 Å². The van der Waals surface area contributed by atoms with Crippen LogP contribution in [0.4, 0.5) is 0 Å². The van der Waals surface area contributed by atoms with Crippen molar-refractivity contribution in [3.8, 4) is 0 Å². The Morgan fingerprint density at radius 2 is 2.27 bits per heavy atom. The third-order valence-electron chi connectivity index (χ3n) is 1.91. The van der Waals surface area contributed by atoms with Crippen molar-refractivity contribution in [1.29, 1.82) is 0 Å². The summed E-state index contributed by atoms with van der Waals surface area (Å²) in [4.78, 5) is 18.0. The summed E-state index contributed by atoms with van der Waals surface area (Å²) >= 11 is 0. The predicted molar refractivity (Wildman–Crippen MR) is 56.2 cm³/mol. The number of hydrogen-bond acceptors (Lipinski definition) is 3. The molecule has 0 spiro atoms. The highest BCUT2D eigenvalue weighted by Crippen LogP contribution is 1.96. The molecule has 84 valence electrons. The molecule has 1 N–H and O–H groups in total. The predicted octanol–water partition coefficient (Wildman–Crippen LogP) is 0.202. The number of nitrogens with one attached hydrogen (secondary N) is 1. The number of nitrogens with zero attached hydrogens (tertiary/aromatic N) is 2. The van der Waals surface area contributed by atoms with Crippen molar-refractivity contribution < 1.29 is 14.0 Å². The second-order valence-corrected chi connectivity index (χ2v) is 4.49. The van der Waals surface area contributed by atoms with Crippen LogP contribution < -0.4 is 0 Å². The summed E-state index contributed by atoms with van der Waals surface area (Å²) in [6, 6.07) is 0. The van der Waals surface area contributed by atoms with Crippen molar-refractivity contribution in [2.75, 3.05) is 34.3 Å². The third kappa shape index (κ3) is 5.17. The number of H-pyrrole nitrogens is 1. The first-order valence-electron chi connectivity index (χ1n) is 4.91.